The van der Waals surface area contributed by atoms with Gasteiger partial charge in [0.05, 0.1) is 12.7 Å². The zero-order valence-corrected chi connectivity index (χ0v) is 10.3. The first-order valence-corrected chi connectivity index (χ1v) is 6.73. The first-order chi connectivity index (χ1) is 7.81. The molecule has 1 saturated heterocycles. The Kier molecular flexibility index (Phi) is 3.88. The van der Waals surface area contributed by atoms with E-state index in [4.69, 9.17) is 0 Å². The SMILES string of the molecule is COC(=O)c1ccc(C2CCSCC2)cc1. The van der Waals surface area contributed by atoms with Crippen molar-refractivity contribution in [1.82, 2.24) is 0 Å². The minimum absolute atomic E-state index is 0.259. The predicted molar refractivity (Wildman–Crippen MR) is 67.1 cm³/mol. The van der Waals surface area contributed by atoms with Crippen LogP contribution >= 0.6 is 11.8 Å². The van der Waals surface area contributed by atoms with E-state index in [2.05, 4.69) is 16.9 Å². The van der Waals surface area contributed by atoms with Crippen LogP contribution in [-0.4, -0.2) is 24.6 Å². The fraction of sp³-hybridized carbons (Fsp3) is 0.462. The number of hydrogen-bond acceptors (Lipinski definition) is 3. The normalized spacial score (nSPS) is 17.1. The molecule has 2 rings (SSSR count). The van der Waals surface area contributed by atoms with Crippen LogP contribution in [0.5, 0.6) is 0 Å². The fourth-order valence-electron chi connectivity index (χ4n) is 2.04. The van der Waals surface area contributed by atoms with Crippen LogP contribution in [0.4, 0.5) is 0 Å². The molecular weight excluding hydrogens is 220 g/mol. The molecule has 1 aromatic carbocycles. The number of hydrogen-bond donors (Lipinski definition) is 0. The van der Waals surface area contributed by atoms with E-state index in [9.17, 15) is 4.79 Å². The van der Waals surface area contributed by atoms with Crippen molar-refractivity contribution in [3.63, 3.8) is 0 Å². The van der Waals surface area contributed by atoms with Gasteiger partial charge in [0.2, 0.25) is 0 Å². The van der Waals surface area contributed by atoms with Crippen LogP contribution in [-0.2, 0) is 4.74 Å². The molecule has 0 radical (unpaired) electrons. The van der Waals surface area contributed by atoms with E-state index in [-0.39, 0.29) is 5.97 Å². The number of ether oxygens (including phenoxy) is 1. The third kappa shape index (κ3) is 2.59. The lowest BCUT2D eigenvalue weighted by Crippen LogP contribution is -2.08. The molecule has 1 aromatic rings. The molecule has 0 aliphatic carbocycles. The maximum Gasteiger partial charge on any atom is 0.337 e. The van der Waals surface area contributed by atoms with Crippen molar-refractivity contribution in [2.45, 2.75) is 18.8 Å². The van der Waals surface area contributed by atoms with Crippen LogP contribution in [0.1, 0.15) is 34.7 Å². The minimum Gasteiger partial charge on any atom is -0.465 e. The highest BCUT2D eigenvalue weighted by Crippen LogP contribution is 2.31. The monoisotopic (exact) mass is 236 g/mol. The van der Waals surface area contributed by atoms with Gasteiger partial charge in [-0.1, -0.05) is 12.1 Å². The molecule has 0 bridgehead atoms. The first kappa shape index (κ1) is 11.5. The summed E-state index contributed by atoms with van der Waals surface area (Å²) in [5.41, 5.74) is 1.99. The van der Waals surface area contributed by atoms with Gasteiger partial charge in [0, 0.05) is 0 Å². The Bertz CT molecular complexity index is 353. The number of thioether (sulfide) groups is 1. The van der Waals surface area contributed by atoms with Gasteiger partial charge < -0.3 is 4.74 Å². The zero-order valence-electron chi connectivity index (χ0n) is 9.44. The molecule has 86 valence electrons. The Morgan fingerprint density at radius 1 is 1.25 bits per heavy atom. The van der Waals surface area contributed by atoms with Crippen LogP contribution in [0.3, 0.4) is 0 Å². The molecule has 0 unspecified atom stereocenters. The average molecular weight is 236 g/mol. The molecule has 1 aliphatic heterocycles. The van der Waals surface area contributed by atoms with Crippen LogP contribution in [0.2, 0.25) is 0 Å². The van der Waals surface area contributed by atoms with E-state index in [1.807, 2.05) is 23.9 Å². The lowest BCUT2D eigenvalue weighted by Gasteiger charge is -2.21. The lowest BCUT2D eigenvalue weighted by atomic mass is 9.93. The highest BCUT2D eigenvalue weighted by atomic mass is 32.2. The highest BCUT2D eigenvalue weighted by Gasteiger charge is 2.16. The van der Waals surface area contributed by atoms with Crippen molar-refractivity contribution in [1.29, 1.82) is 0 Å². The Hall–Kier alpha value is -0.960. The van der Waals surface area contributed by atoms with Crippen LogP contribution < -0.4 is 0 Å². The molecule has 1 fully saturated rings. The number of rotatable bonds is 2. The van der Waals surface area contributed by atoms with Crippen molar-refractivity contribution in [2.24, 2.45) is 0 Å². The van der Waals surface area contributed by atoms with Gasteiger partial charge in [-0.3, -0.25) is 0 Å². The summed E-state index contributed by atoms with van der Waals surface area (Å²) in [5, 5.41) is 0. The van der Waals surface area contributed by atoms with Gasteiger partial charge in [-0.05, 0) is 48.0 Å². The number of benzene rings is 1. The molecule has 16 heavy (non-hydrogen) atoms. The molecular formula is C13H16O2S. The maximum absolute atomic E-state index is 11.3. The maximum atomic E-state index is 11.3. The largest absolute Gasteiger partial charge is 0.465 e. The Balaban J connectivity index is 2.09. The molecule has 0 amide bonds. The molecule has 0 aromatic heterocycles. The lowest BCUT2D eigenvalue weighted by molar-refractivity contribution is 0.0600. The van der Waals surface area contributed by atoms with E-state index in [0.29, 0.717) is 11.5 Å². The zero-order chi connectivity index (χ0) is 11.4. The van der Waals surface area contributed by atoms with Crippen molar-refractivity contribution in [2.75, 3.05) is 18.6 Å². The van der Waals surface area contributed by atoms with Crippen LogP contribution in [0.25, 0.3) is 0 Å². The summed E-state index contributed by atoms with van der Waals surface area (Å²) in [6.45, 7) is 0. The van der Waals surface area contributed by atoms with E-state index >= 15 is 0 Å². The van der Waals surface area contributed by atoms with Crippen molar-refractivity contribution >= 4 is 17.7 Å². The van der Waals surface area contributed by atoms with Crippen LogP contribution in [0, 0.1) is 0 Å². The third-order valence-electron chi connectivity index (χ3n) is 3.02. The Morgan fingerprint density at radius 2 is 1.88 bits per heavy atom. The van der Waals surface area contributed by atoms with E-state index in [0.717, 1.165) is 0 Å². The van der Waals surface area contributed by atoms with E-state index in [1.54, 1.807) is 0 Å². The highest BCUT2D eigenvalue weighted by molar-refractivity contribution is 7.99. The van der Waals surface area contributed by atoms with Gasteiger partial charge in [-0.25, -0.2) is 4.79 Å². The predicted octanol–water partition coefficient (Wildman–Crippen LogP) is 3.08. The second-order valence-electron chi connectivity index (χ2n) is 4.00. The molecule has 2 nitrogen and oxygen atoms in total. The number of esters is 1. The molecule has 3 heteroatoms. The molecule has 1 heterocycles. The fourth-order valence-corrected chi connectivity index (χ4v) is 3.15. The van der Waals surface area contributed by atoms with Crippen LogP contribution in [0.15, 0.2) is 24.3 Å². The molecule has 0 N–H and O–H groups in total. The molecule has 0 atom stereocenters. The van der Waals surface area contributed by atoms with Gasteiger partial charge >= 0.3 is 5.97 Å². The first-order valence-electron chi connectivity index (χ1n) is 5.57. The second-order valence-corrected chi connectivity index (χ2v) is 5.22. The molecule has 0 spiro atoms. The van der Waals surface area contributed by atoms with Crippen molar-refractivity contribution in [3.05, 3.63) is 35.4 Å². The summed E-state index contributed by atoms with van der Waals surface area (Å²) in [4.78, 5) is 11.3. The summed E-state index contributed by atoms with van der Waals surface area (Å²) in [7, 11) is 1.41. The Labute approximate surface area is 100 Å². The van der Waals surface area contributed by atoms with Crippen molar-refractivity contribution in [3.8, 4) is 0 Å². The number of carbonyl (C=O) groups is 1. The summed E-state index contributed by atoms with van der Waals surface area (Å²) < 4.78 is 4.68. The molecule has 0 saturated carbocycles. The third-order valence-corrected chi connectivity index (χ3v) is 4.07. The minimum atomic E-state index is -0.259. The quantitative estimate of drug-likeness (QED) is 0.738. The van der Waals surface area contributed by atoms with E-state index < -0.39 is 0 Å². The molecule has 1 aliphatic rings. The summed E-state index contributed by atoms with van der Waals surface area (Å²) in [5.74, 6) is 2.92. The van der Waals surface area contributed by atoms with Gasteiger partial charge in [-0.15, -0.1) is 0 Å². The van der Waals surface area contributed by atoms with Gasteiger partial charge in [0.15, 0.2) is 0 Å². The van der Waals surface area contributed by atoms with Gasteiger partial charge in [0.25, 0.3) is 0 Å². The summed E-state index contributed by atoms with van der Waals surface area (Å²) in [6, 6.07) is 7.85. The topological polar surface area (TPSA) is 26.3 Å². The summed E-state index contributed by atoms with van der Waals surface area (Å²) >= 11 is 2.03. The average Bonchev–Trinajstić information content (AvgIpc) is 2.39. The smallest absolute Gasteiger partial charge is 0.337 e. The second kappa shape index (κ2) is 5.39. The Morgan fingerprint density at radius 3 is 2.44 bits per heavy atom. The standard InChI is InChI=1S/C13H16O2S/c1-15-13(14)12-4-2-10(3-5-12)11-6-8-16-9-7-11/h2-5,11H,6-9H2,1H3. The van der Waals surface area contributed by atoms with E-state index in [1.165, 1.54) is 37.0 Å². The number of carbonyl (C=O) groups excluding carboxylic acids is 1. The van der Waals surface area contributed by atoms with Crippen molar-refractivity contribution < 1.29 is 9.53 Å². The van der Waals surface area contributed by atoms with Gasteiger partial charge in [0.1, 0.15) is 0 Å². The summed E-state index contributed by atoms with van der Waals surface area (Å²) in [6.07, 6.45) is 2.50. The van der Waals surface area contributed by atoms with Gasteiger partial charge in [-0.2, -0.15) is 11.8 Å². The number of methoxy groups -OCH3 is 1.